The van der Waals surface area contributed by atoms with Gasteiger partial charge in [0.15, 0.2) is 0 Å². The van der Waals surface area contributed by atoms with Crippen molar-refractivity contribution in [1.82, 2.24) is 9.88 Å². The number of rotatable bonds is 1. The molecule has 1 aromatic heterocycles. The van der Waals surface area contributed by atoms with E-state index in [1.165, 1.54) is 29.3 Å². The Labute approximate surface area is 152 Å². The fourth-order valence-electron chi connectivity index (χ4n) is 5.39. The third kappa shape index (κ3) is 2.27. The lowest BCUT2D eigenvalue weighted by Gasteiger charge is -2.49. The number of hydrogen-bond donors (Lipinski definition) is 2. The summed E-state index contributed by atoms with van der Waals surface area (Å²) in [4.78, 5) is 18.5. The van der Waals surface area contributed by atoms with Crippen molar-refractivity contribution >= 4 is 16.9 Å². The van der Waals surface area contributed by atoms with Gasteiger partial charge in [0.1, 0.15) is 0 Å². The second kappa shape index (κ2) is 5.96. The van der Waals surface area contributed by atoms with E-state index in [0.717, 1.165) is 25.9 Å². The van der Waals surface area contributed by atoms with Crippen LogP contribution >= 0.6 is 0 Å². The van der Waals surface area contributed by atoms with Crippen LogP contribution in [0.4, 0.5) is 0 Å². The van der Waals surface area contributed by atoms with E-state index in [2.05, 4.69) is 40.2 Å². The standard InChI is InChI=1S/C21H24N2O3/c1-26-21(25)19-15-10-17-20-14(13-4-2-3-5-16(13)22-20)8-9-23(17)11-12(15)6-7-18(19)24/h2-7,12,15,17-19,22,24H,8-11H2,1H3/t12-,15+,17-,18-,19-/m1/s1. The molecular formula is C21H24N2O3. The van der Waals surface area contributed by atoms with Crippen LogP contribution in [-0.2, 0) is 16.0 Å². The first-order valence-corrected chi connectivity index (χ1v) is 9.45. The summed E-state index contributed by atoms with van der Waals surface area (Å²) in [6.45, 7) is 1.98. The van der Waals surface area contributed by atoms with E-state index in [1.54, 1.807) is 6.08 Å². The number of aromatic nitrogens is 1. The lowest BCUT2D eigenvalue weighted by molar-refractivity contribution is -0.154. The van der Waals surface area contributed by atoms with Gasteiger partial charge in [-0.05, 0) is 36.3 Å². The summed E-state index contributed by atoms with van der Waals surface area (Å²) >= 11 is 0. The molecule has 1 aromatic carbocycles. The fraction of sp³-hybridized carbons (Fsp3) is 0.476. The topological polar surface area (TPSA) is 65.6 Å². The number of piperidine rings is 1. The fourth-order valence-corrected chi connectivity index (χ4v) is 5.39. The Hall–Kier alpha value is -2.11. The molecule has 0 spiro atoms. The van der Waals surface area contributed by atoms with E-state index in [0.29, 0.717) is 5.92 Å². The van der Waals surface area contributed by atoms with Gasteiger partial charge in [0.05, 0.1) is 25.2 Å². The minimum Gasteiger partial charge on any atom is -0.469 e. The van der Waals surface area contributed by atoms with Gasteiger partial charge < -0.3 is 14.8 Å². The van der Waals surface area contributed by atoms with Crippen molar-refractivity contribution < 1.29 is 14.6 Å². The molecule has 1 fully saturated rings. The number of aliphatic hydroxyl groups excluding tert-OH is 1. The number of ether oxygens (including phenoxy) is 1. The van der Waals surface area contributed by atoms with Crippen molar-refractivity contribution in [2.45, 2.75) is 25.0 Å². The number of esters is 1. The first kappa shape index (κ1) is 16.1. The molecular weight excluding hydrogens is 328 g/mol. The van der Waals surface area contributed by atoms with Crippen LogP contribution in [0.2, 0.25) is 0 Å². The SMILES string of the molecule is COC(=O)[C@@H]1[C@H]2C[C@@H]3c4[nH]c5ccccc5c4CCN3C[C@H]2C=C[C@H]1O. The second-order valence-corrected chi connectivity index (χ2v) is 7.81. The highest BCUT2D eigenvalue weighted by molar-refractivity contribution is 5.85. The van der Waals surface area contributed by atoms with E-state index < -0.39 is 12.0 Å². The quantitative estimate of drug-likeness (QED) is 0.611. The molecule has 0 saturated carbocycles. The zero-order chi connectivity index (χ0) is 17.8. The molecule has 5 atom stereocenters. The molecule has 5 nitrogen and oxygen atoms in total. The van der Waals surface area contributed by atoms with Gasteiger partial charge in [-0.2, -0.15) is 0 Å². The Balaban J connectivity index is 1.54. The molecule has 0 unspecified atom stereocenters. The average Bonchev–Trinajstić information content (AvgIpc) is 3.05. The van der Waals surface area contributed by atoms with Crippen LogP contribution in [0.15, 0.2) is 36.4 Å². The highest BCUT2D eigenvalue weighted by atomic mass is 16.5. The molecule has 2 aliphatic heterocycles. The minimum atomic E-state index is -0.749. The molecule has 26 heavy (non-hydrogen) atoms. The molecule has 3 heterocycles. The van der Waals surface area contributed by atoms with Crippen LogP contribution in [0.3, 0.4) is 0 Å². The number of benzene rings is 1. The zero-order valence-corrected chi connectivity index (χ0v) is 14.9. The highest BCUT2D eigenvalue weighted by Gasteiger charge is 2.47. The number of hydrogen-bond acceptors (Lipinski definition) is 4. The number of para-hydroxylation sites is 1. The van der Waals surface area contributed by atoms with Gasteiger partial charge in [-0.1, -0.05) is 30.4 Å². The highest BCUT2D eigenvalue weighted by Crippen LogP contribution is 2.47. The number of H-pyrrole nitrogens is 1. The van der Waals surface area contributed by atoms with E-state index in [4.69, 9.17) is 4.74 Å². The van der Waals surface area contributed by atoms with Crippen LogP contribution in [0, 0.1) is 17.8 Å². The lowest BCUT2D eigenvalue weighted by Crippen LogP contribution is -2.51. The number of carbonyl (C=O) groups excluding carboxylic acids is 1. The van der Waals surface area contributed by atoms with E-state index in [9.17, 15) is 9.90 Å². The maximum atomic E-state index is 12.3. The number of fused-ring (bicyclic) bond motifs is 6. The first-order chi connectivity index (χ1) is 12.7. The molecule has 136 valence electrons. The summed E-state index contributed by atoms with van der Waals surface area (Å²) in [5.74, 6) is -0.351. The molecule has 1 aliphatic carbocycles. The molecule has 0 bridgehead atoms. The van der Waals surface area contributed by atoms with Crippen LogP contribution < -0.4 is 0 Å². The van der Waals surface area contributed by atoms with Gasteiger partial charge in [-0.25, -0.2) is 0 Å². The maximum absolute atomic E-state index is 12.3. The zero-order valence-electron chi connectivity index (χ0n) is 14.9. The largest absolute Gasteiger partial charge is 0.469 e. The lowest BCUT2D eigenvalue weighted by atomic mass is 9.67. The third-order valence-electron chi connectivity index (χ3n) is 6.62. The molecule has 2 aromatic rings. The van der Waals surface area contributed by atoms with Gasteiger partial charge in [-0.15, -0.1) is 0 Å². The predicted molar refractivity (Wildman–Crippen MR) is 98.6 cm³/mol. The molecule has 3 aliphatic rings. The molecule has 5 rings (SSSR count). The van der Waals surface area contributed by atoms with E-state index in [1.807, 2.05) is 0 Å². The van der Waals surface area contributed by atoms with Gasteiger partial charge in [0, 0.05) is 29.7 Å². The average molecular weight is 352 g/mol. The number of nitrogens with zero attached hydrogens (tertiary/aromatic N) is 1. The Morgan fingerprint density at radius 3 is 3.00 bits per heavy atom. The van der Waals surface area contributed by atoms with Crippen molar-refractivity contribution in [1.29, 1.82) is 0 Å². The summed E-state index contributed by atoms with van der Waals surface area (Å²) in [7, 11) is 1.41. The first-order valence-electron chi connectivity index (χ1n) is 9.45. The number of nitrogens with one attached hydrogen (secondary N) is 1. The monoisotopic (exact) mass is 352 g/mol. The van der Waals surface area contributed by atoms with Crippen molar-refractivity contribution in [3.05, 3.63) is 47.7 Å². The molecule has 0 amide bonds. The normalized spacial score (nSPS) is 33.4. The Morgan fingerprint density at radius 2 is 2.15 bits per heavy atom. The summed E-state index contributed by atoms with van der Waals surface area (Å²) in [6.07, 6.45) is 5.06. The molecule has 2 N–H and O–H groups in total. The van der Waals surface area contributed by atoms with Crippen molar-refractivity contribution in [2.75, 3.05) is 20.2 Å². The number of carbonyl (C=O) groups is 1. The van der Waals surface area contributed by atoms with Gasteiger partial charge >= 0.3 is 5.97 Å². The summed E-state index contributed by atoms with van der Waals surface area (Å²) in [5.41, 5.74) is 3.90. The smallest absolute Gasteiger partial charge is 0.311 e. The van der Waals surface area contributed by atoms with Crippen LogP contribution in [0.1, 0.15) is 23.7 Å². The third-order valence-corrected chi connectivity index (χ3v) is 6.62. The van der Waals surface area contributed by atoms with E-state index >= 15 is 0 Å². The number of methoxy groups -OCH3 is 1. The van der Waals surface area contributed by atoms with Crippen LogP contribution in [0.25, 0.3) is 10.9 Å². The van der Waals surface area contributed by atoms with Crippen molar-refractivity contribution in [3.63, 3.8) is 0 Å². The molecule has 0 radical (unpaired) electrons. The predicted octanol–water partition coefficient (Wildman–Crippen LogP) is 2.42. The summed E-state index contributed by atoms with van der Waals surface area (Å²) in [6, 6.07) is 8.76. The van der Waals surface area contributed by atoms with Crippen molar-refractivity contribution in [2.24, 2.45) is 17.8 Å². The van der Waals surface area contributed by atoms with Crippen molar-refractivity contribution in [3.8, 4) is 0 Å². The Bertz CT molecular complexity index is 887. The molecule has 1 saturated heterocycles. The van der Waals surface area contributed by atoms with Crippen LogP contribution in [0.5, 0.6) is 0 Å². The summed E-state index contributed by atoms with van der Waals surface area (Å²) < 4.78 is 5.01. The van der Waals surface area contributed by atoms with Gasteiger partial charge in [-0.3, -0.25) is 9.69 Å². The minimum absolute atomic E-state index is 0.112. The second-order valence-electron chi connectivity index (χ2n) is 7.81. The summed E-state index contributed by atoms with van der Waals surface area (Å²) in [5, 5.41) is 11.7. The van der Waals surface area contributed by atoms with Gasteiger partial charge in [0.25, 0.3) is 0 Å². The number of aliphatic hydroxyl groups is 1. The maximum Gasteiger partial charge on any atom is 0.311 e. The number of aromatic amines is 1. The Morgan fingerprint density at radius 1 is 1.31 bits per heavy atom. The van der Waals surface area contributed by atoms with E-state index in [-0.39, 0.29) is 17.9 Å². The Kier molecular flexibility index (Phi) is 3.69. The van der Waals surface area contributed by atoms with Crippen LogP contribution in [-0.4, -0.2) is 47.3 Å². The molecule has 5 heteroatoms. The van der Waals surface area contributed by atoms with Gasteiger partial charge in [0.2, 0.25) is 0 Å².